The number of benzene rings is 4. The Labute approximate surface area is 187 Å². The van der Waals surface area contributed by atoms with Gasteiger partial charge < -0.3 is 0 Å². The van der Waals surface area contributed by atoms with Crippen molar-refractivity contribution in [1.29, 1.82) is 0 Å². The van der Waals surface area contributed by atoms with E-state index in [0.717, 1.165) is 0 Å². The maximum atomic E-state index is 2.12. The summed E-state index contributed by atoms with van der Waals surface area (Å²) in [6.45, 7) is 16.5. The van der Waals surface area contributed by atoms with E-state index in [4.69, 9.17) is 0 Å². The van der Waals surface area contributed by atoms with E-state index < -0.39 is 0 Å². The van der Waals surface area contributed by atoms with Crippen molar-refractivity contribution in [3.8, 4) is 0 Å². The third kappa shape index (κ3) is 13.6. The first-order chi connectivity index (χ1) is 14.8. The molecular formula is C30H44. The van der Waals surface area contributed by atoms with Gasteiger partial charge in [0.2, 0.25) is 0 Å². The Bertz CT molecular complexity index is 642. The Balaban J connectivity index is 0. The molecular weight excluding hydrogens is 360 g/mol. The summed E-state index contributed by atoms with van der Waals surface area (Å²) in [4.78, 5) is 0. The molecule has 30 heavy (non-hydrogen) atoms. The summed E-state index contributed by atoms with van der Waals surface area (Å²) in [6, 6.07) is 33.4. The molecule has 0 radical (unpaired) electrons. The number of hydrogen-bond donors (Lipinski definition) is 0. The Kier molecular flexibility index (Phi) is 22.4. The van der Waals surface area contributed by atoms with Gasteiger partial charge in [-0.25, -0.2) is 0 Å². The molecule has 0 aliphatic carbocycles. The topological polar surface area (TPSA) is 0 Å². The van der Waals surface area contributed by atoms with E-state index in [2.05, 4.69) is 125 Å². The van der Waals surface area contributed by atoms with Gasteiger partial charge in [0.05, 0.1) is 0 Å². The van der Waals surface area contributed by atoms with Gasteiger partial charge in [-0.05, 0) is 21.5 Å². The summed E-state index contributed by atoms with van der Waals surface area (Å²) < 4.78 is 0. The molecule has 0 amide bonds. The lowest BCUT2D eigenvalue weighted by atomic mass is 10.1. The SMILES string of the molecule is CC.CC.CCC.CCC.c1ccc2ccccc2c1.c1ccc2ccccc2c1. The normalized spacial score (nSPS) is 8.27. The predicted octanol–water partition coefficient (Wildman–Crippen LogP) is 10.6. The Morgan fingerprint density at radius 1 is 0.333 bits per heavy atom. The van der Waals surface area contributed by atoms with Crippen molar-refractivity contribution in [1.82, 2.24) is 0 Å². The third-order valence-electron chi connectivity index (χ3n) is 3.32. The summed E-state index contributed by atoms with van der Waals surface area (Å²) in [5.41, 5.74) is 0. The second-order valence-corrected chi connectivity index (χ2v) is 6.11. The van der Waals surface area contributed by atoms with Crippen LogP contribution < -0.4 is 0 Å². The lowest BCUT2D eigenvalue weighted by molar-refractivity contribution is 1.09. The lowest BCUT2D eigenvalue weighted by Crippen LogP contribution is -1.67. The van der Waals surface area contributed by atoms with Crippen molar-refractivity contribution in [2.75, 3.05) is 0 Å². The van der Waals surface area contributed by atoms with E-state index in [1.807, 2.05) is 27.7 Å². The van der Waals surface area contributed by atoms with Crippen LogP contribution >= 0.6 is 0 Å². The second kappa shape index (κ2) is 22.7. The van der Waals surface area contributed by atoms with Gasteiger partial charge in [-0.2, -0.15) is 0 Å². The van der Waals surface area contributed by atoms with Crippen LogP contribution in [-0.2, 0) is 0 Å². The van der Waals surface area contributed by atoms with Crippen molar-refractivity contribution in [3.05, 3.63) is 97.1 Å². The minimum Gasteiger partial charge on any atom is -0.0683 e. The first-order valence-corrected chi connectivity index (χ1v) is 11.6. The van der Waals surface area contributed by atoms with Crippen LogP contribution in [0, 0.1) is 0 Å². The van der Waals surface area contributed by atoms with Gasteiger partial charge >= 0.3 is 0 Å². The van der Waals surface area contributed by atoms with Gasteiger partial charge in [-0.3, -0.25) is 0 Å². The van der Waals surface area contributed by atoms with Crippen molar-refractivity contribution in [3.63, 3.8) is 0 Å². The van der Waals surface area contributed by atoms with Crippen LogP contribution in [0.25, 0.3) is 21.5 Å². The summed E-state index contributed by atoms with van der Waals surface area (Å²) in [5.74, 6) is 0. The highest BCUT2D eigenvalue weighted by Gasteiger charge is 1.86. The first kappa shape index (κ1) is 29.6. The van der Waals surface area contributed by atoms with Crippen LogP contribution in [0.4, 0.5) is 0 Å². The Hall–Kier alpha value is -2.60. The van der Waals surface area contributed by atoms with Crippen LogP contribution in [0.2, 0.25) is 0 Å². The standard InChI is InChI=1S/2C10H8.2C3H8.2C2H6/c2*1-2-6-10-8-4-3-7-9(10)5-1;2*1-3-2;2*1-2/h2*1-8H;2*3H2,1-2H3;2*1-2H3. The summed E-state index contributed by atoms with van der Waals surface area (Å²) in [5, 5.41) is 5.24. The summed E-state index contributed by atoms with van der Waals surface area (Å²) in [6.07, 6.45) is 2.50. The van der Waals surface area contributed by atoms with E-state index in [1.54, 1.807) is 0 Å². The van der Waals surface area contributed by atoms with Crippen LogP contribution in [0.5, 0.6) is 0 Å². The quantitative estimate of drug-likeness (QED) is 0.273. The third-order valence-corrected chi connectivity index (χ3v) is 3.32. The maximum Gasteiger partial charge on any atom is -0.0184 e. The molecule has 0 atom stereocenters. The van der Waals surface area contributed by atoms with Gasteiger partial charge in [0, 0.05) is 0 Å². The van der Waals surface area contributed by atoms with Crippen LogP contribution in [0.15, 0.2) is 97.1 Å². The molecule has 164 valence electrons. The van der Waals surface area contributed by atoms with Crippen LogP contribution in [-0.4, -0.2) is 0 Å². The number of fused-ring (bicyclic) bond motifs is 2. The minimum absolute atomic E-state index is 1.25. The second-order valence-electron chi connectivity index (χ2n) is 6.11. The molecule has 4 aromatic carbocycles. The van der Waals surface area contributed by atoms with Gasteiger partial charge in [0.1, 0.15) is 0 Å². The zero-order chi connectivity index (χ0) is 23.0. The molecule has 0 spiro atoms. The monoisotopic (exact) mass is 404 g/mol. The Morgan fingerprint density at radius 3 is 0.533 bits per heavy atom. The van der Waals surface area contributed by atoms with E-state index >= 15 is 0 Å². The van der Waals surface area contributed by atoms with Gasteiger partial charge in [0.15, 0.2) is 0 Å². The highest BCUT2D eigenvalue weighted by molar-refractivity contribution is 5.82. The molecule has 4 aromatic rings. The molecule has 0 aliphatic heterocycles. The summed E-state index contributed by atoms with van der Waals surface area (Å²) in [7, 11) is 0. The summed E-state index contributed by atoms with van der Waals surface area (Å²) >= 11 is 0. The highest BCUT2D eigenvalue weighted by atomic mass is 13.9. The van der Waals surface area contributed by atoms with Crippen molar-refractivity contribution in [2.45, 2.75) is 68.2 Å². The van der Waals surface area contributed by atoms with Crippen LogP contribution in [0.1, 0.15) is 68.2 Å². The average molecular weight is 405 g/mol. The fourth-order valence-corrected chi connectivity index (χ4v) is 2.27. The van der Waals surface area contributed by atoms with Crippen molar-refractivity contribution >= 4 is 21.5 Å². The van der Waals surface area contributed by atoms with Gasteiger partial charge in [0.25, 0.3) is 0 Å². The molecule has 0 unspecified atom stereocenters. The van der Waals surface area contributed by atoms with Gasteiger partial charge in [-0.15, -0.1) is 0 Å². The lowest BCUT2D eigenvalue weighted by Gasteiger charge is -1.92. The van der Waals surface area contributed by atoms with E-state index in [0.29, 0.717) is 0 Å². The fourth-order valence-electron chi connectivity index (χ4n) is 2.27. The largest absolute Gasteiger partial charge is 0.0683 e. The molecule has 0 aliphatic rings. The van der Waals surface area contributed by atoms with Crippen molar-refractivity contribution in [2.24, 2.45) is 0 Å². The zero-order valence-electron chi connectivity index (χ0n) is 20.7. The zero-order valence-corrected chi connectivity index (χ0v) is 20.7. The van der Waals surface area contributed by atoms with Crippen molar-refractivity contribution < 1.29 is 0 Å². The number of rotatable bonds is 0. The predicted molar refractivity (Wildman–Crippen MR) is 143 cm³/mol. The molecule has 0 bridgehead atoms. The molecule has 0 aromatic heterocycles. The minimum atomic E-state index is 1.25. The van der Waals surface area contributed by atoms with Crippen LogP contribution in [0.3, 0.4) is 0 Å². The fraction of sp³-hybridized carbons (Fsp3) is 0.333. The van der Waals surface area contributed by atoms with E-state index in [9.17, 15) is 0 Å². The molecule has 0 N–H and O–H groups in total. The van der Waals surface area contributed by atoms with E-state index in [1.165, 1.54) is 34.4 Å². The first-order valence-electron chi connectivity index (χ1n) is 11.6. The maximum absolute atomic E-state index is 2.12. The molecule has 4 rings (SSSR count). The molecule has 0 saturated heterocycles. The molecule has 0 fully saturated rings. The van der Waals surface area contributed by atoms with Gasteiger partial charge in [-0.1, -0.05) is 165 Å². The molecule has 0 saturated carbocycles. The number of hydrogen-bond acceptors (Lipinski definition) is 0. The smallest absolute Gasteiger partial charge is 0.0184 e. The molecule has 0 heterocycles. The molecule has 0 nitrogen and oxygen atoms in total. The highest BCUT2D eigenvalue weighted by Crippen LogP contribution is 2.12. The Morgan fingerprint density at radius 2 is 0.433 bits per heavy atom. The average Bonchev–Trinajstić information content (AvgIpc) is 2.83. The molecule has 0 heteroatoms. The van der Waals surface area contributed by atoms with E-state index in [-0.39, 0.29) is 0 Å².